The third-order valence-corrected chi connectivity index (χ3v) is 4.73. The van der Waals surface area contributed by atoms with E-state index in [0.29, 0.717) is 18.0 Å². The van der Waals surface area contributed by atoms with E-state index < -0.39 is 5.97 Å². The molecule has 2 aromatic rings. The topological polar surface area (TPSA) is 65.8 Å². The van der Waals surface area contributed by atoms with Crippen molar-refractivity contribution in [3.05, 3.63) is 64.1 Å². The van der Waals surface area contributed by atoms with E-state index in [-0.39, 0.29) is 0 Å². The predicted molar refractivity (Wildman–Crippen MR) is 95.7 cm³/mol. The molecule has 1 aliphatic heterocycles. The quantitative estimate of drug-likeness (QED) is 0.839. The lowest BCUT2D eigenvalue weighted by Gasteiger charge is -2.22. The maximum atomic E-state index is 11.1. The standard InChI is InChI=1S/C18H19N3O2S/c22-18(23)17-8-7-16(24-17)13-21(11-14-5-1-3-9-19-14)12-15-6-2-4-10-20-15/h1-3,5-9H,4,10-13H2,(H,22,23). The average Bonchev–Trinajstić information content (AvgIpc) is 3.05. The number of pyridine rings is 1. The van der Waals surface area contributed by atoms with Gasteiger partial charge in [0.25, 0.3) is 0 Å². The highest BCUT2D eigenvalue weighted by Gasteiger charge is 2.14. The molecular weight excluding hydrogens is 322 g/mol. The van der Waals surface area contributed by atoms with Crippen LogP contribution in [0, 0.1) is 0 Å². The second-order valence-corrected chi connectivity index (χ2v) is 6.77. The van der Waals surface area contributed by atoms with Crippen molar-refractivity contribution in [2.75, 3.05) is 13.1 Å². The Labute approximate surface area is 145 Å². The number of dihydropyridines is 1. The fourth-order valence-electron chi connectivity index (χ4n) is 2.57. The van der Waals surface area contributed by atoms with Gasteiger partial charge < -0.3 is 5.11 Å². The number of hydrogen-bond acceptors (Lipinski definition) is 5. The molecule has 0 aliphatic carbocycles. The second-order valence-electron chi connectivity index (χ2n) is 5.60. The van der Waals surface area contributed by atoms with Gasteiger partial charge in [-0.3, -0.25) is 14.9 Å². The molecule has 0 aromatic carbocycles. The Morgan fingerprint density at radius 3 is 2.79 bits per heavy atom. The second kappa shape index (κ2) is 7.99. The molecule has 0 saturated carbocycles. The highest BCUT2D eigenvalue weighted by molar-refractivity contribution is 7.13. The van der Waals surface area contributed by atoms with Gasteiger partial charge in [-0.2, -0.15) is 0 Å². The van der Waals surface area contributed by atoms with Crippen LogP contribution in [0.2, 0.25) is 0 Å². The lowest BCUT2D eigenvalue weighted by molar-refractivity contribution is 0.0702. The summed E-state index contributed by atoms with van der Waals surface area (Å²) < 4.78 is 0. The molecule has 124 valence electrons. The van der Waals surface area contributed by atoms with E-state index in [2.05, 4.69) is 27.0 Å². The molecule has 2 aromatic heterocycles. The fourth-order valence-corrected chi connectivity index (χ4v) is 3.46. The van der Waals surface area contributed by atoms with Gasteiger partial charge in [0.2, 0.25) is 0 Å². The minimum atomic E-state index is -0.873. The zero-order valence-electron chi connectivity index (χ0n) is 13.3. The summed E-state index contributed by atoms with van der Waals surface area (Å²) in [5, 5.41) is 9.09. The van der Waals surface area contributed by atoms with E-state index in [0.717, 1.165) is 35.8 Å². The Morgan fingerprint density at radius 2 is 2.12 bits per heavy atom. The third-order valence-electron chi connectivity index (χ3n) is 3.67. The van der Waals surface area contributed by atoms with Crippen molar-refractivity contribution < 1.29 is 9.90 Å². The van der Waals surface area contributed by atoms with Gasteiger partial charge in [-0.05, 0) is 36.8 Å². The number of carboxylic acids is 1. The van der Waals surface area contributed by atoms with E-state index in [1.54, 1.807) is 12.3 Å². The van der Waals surface area contributed by atoms with Crippen molar-refractivity contribution in [3.63, 3.8) is 0 Å². The van der Waals surface area contributed by atoms with Gasteiger partial charge in [0.1, 0.15) is 4.88 Å². The van der Waals surface area contributed by atoms with Crippen LogP contribution in [0.5, 0.6) is 0 Å². The van der Waals surface area contributed by atoms with E-state index in [9.17, 15) is 4.79 Å². The molecule has 3 rings (SSSR count). The number of carbonyl (C=O) groups is 1. The lowest BCUT2D eigenvalue weighted by Crippen LogP contribution is -2.29. The molecule has 0 saturated heterocycles. The summed E-state index contributed by atoms with van der Waals surface area (Å²) in [6, 6.07) is 9.44. The predicted octanol–water partition coefficient (Wildman–Crippen LogP) is 3.24. The Morgan fingerprint density at radius 1 is 1.21 bits per heavy atom. The van der Waals surface area contributed by atoms with E-state index >= 15 is 0 Å². The Kier molecular flexibility index (Phi) is 5.51. The highest BCUT2D eigenvalue weighted by atomic mass is 32.1. The molecule has 0 amide bonds. The first-order valence-corrected chi connectivity index (χ1v) is 8.66. The first kappa shape index (κ1) is 16.5. The van der Waals surface area contributed by atoms with Crippen LogP contribution < -0.4 is 0 Å². The molecule has 0 fully saturated rings. The summed E-state index contributed by atoms with van der Waals surface area (Å²) >= 11 is 1.32. The van der Waals surface area contributed by atoms with Crippen LogP contribution in [0.25, 0.3) is 0 Å². The monoisotopic (exact) mass is 341 g/mol. The number of aliphatic imine (C=N–C) groups is 1. The van der Waals surface area contributed by atoms with Crippen molar-refractivity contribution in [2.45, 2.75) is 19.5 Å². The van der Waals surface area contributed by atoms with Crippen LogP contribution >= 0.6 is 11.3 Å². The number of hydrogen-bond donors (Lipinski definition) is 1. The van der Waals surface area contributed by atoms with E-state index in [1.165, 1.54) is 11.3 Å². The average molecular weight is 341 g/mol. The lowest BCUT2D eigenvalue weighted by atomic mass is 10.2. The van der Waals surface area contributed by atoms with Crippen molar-refractivity contribution in [2.24, 2.45) is 4.99 Å². The van der Waals surface area contributed by atoms with Crippen molar-refractivity contribution >= 4 is 23.0 Å². The summed E-state index contributed by atoms with van der Waals surface area (Å²) in [5.41, 5.74) is 2.06. The smallest absolute Gasteiger partial charge is 0.345 e. The Bertz CT molecular complexity index is 753. The molecule has 0 atom stereocenters. The molecule has 5 nitrogen and oxygen atoms in total. The van der Waals surface area contributed by atoms with Crippen molar-refractivity contribution in [1.82, 2.24) is 9.88 Å². The van der Waals surface area contributed by atoms with Gasteiger partial charge in [0, 0.05) is 43.0 Å². The van der Waals surface area contributed by atoms with Crippen molar-refractivity contribution in [3.8, 4) is 0 Å². The first-order chi connectivity index (χ1) is 11.7. The highest BCUT2D eigenvalue weighted by Crippen LogP contribution is 2.19. The molecule has 24 heavy (non-hydrogen) atoms. The molecule has 0 bridgehead atoms. The minimum Gasteiger partial charge on any atom is -0.477 e. The Balaban J connectivity index is 1.73. The molecule has 0 radical (unpaired) electrons. The van der Waals surface area contributed by atoms with Crippen LogP contribution in [0.3, 0.4) is 0 Å². The van der Waals surface area contributed by atoms with Gasteiger partial charge in [-0.1, -0.05) is 12.1 Å². The molecule has 6 heteroatoms. The summed E-state index contributed by atoms with van der Waals surface area (Å²) in [7, 11) is 0. The van der Waals surface area contributed by atoms with Crippen LogP contribution in [-0.4, -0.2) is 39.8 Å². The van der Waals surface area contributed by atoms with E-state index in [1.807, 2.05) is 24.3 Å². The summed E-state index contributed by atoms with van der Waals surface area (Å²) in [5.74, 6) is -0.873. The largest absolute Gasteiger partial charge is 0.477 e. The molecular formula is C18H19N3O2S. The van der Waals surface area contributed by atoms with Crippen LogP contribution in [0.15, 0.2) is 53.7 Å². The number of nitrogens with zero attached hydrogens (tertiary/aromatic N) is 3. The van der Waals surface area contributed by atoms with Gasteiger partial charge in [-0.25, -0.2) is 4.79 Å². The van der Waals surface area contributed by atoms with Gasteiger partial charge in [0.15, 0.2) is 0 Å². The molecule has 3 heterocycles. The zero-order valence-corrected chi connectivity index (χ0v) is 14.1. The minimum absolute atomic E-state index is 0.373. The number of aromatic nitrogens is 1. The fraction of sp³-hybridized carbons (Fsp3) is 0.278. The normalized spacial score (nSPS) is 14.0. The molecule has 1 N–H and O–H groups in total. The SMILES string of the molecule is O=C(O)c1ccc(CN(CC2=NCCC=C2)Cc2ccccn2)s1. The maximum Gasteiger partial charge on any atom is 0.345 e. The van der Waals surface area contributed by atoms with Gasteiger partial charge >= 0.3 is 5.97 Å². The number of aromatic carboxylic acids is 1. The van der Waals surface area contributed by atoms with Crippen LogP contribution in [-0.2, 0) is 13.1 Å². The molecule has 1 aliphatic rings. The number of thiophene rings is 1. The van der Waals surface area contributed by atoms with Gasteiger partial charge in [-0.15, -0.1) is 11.3 Å². The third kappa shape index (κ3) is 4.59. The van der Waals surface area contributed by atoms with E-state index in [4.69, 9.17) is 5.11 Å². The Hall–Kier alpha value is -2.31. The number of carboxylic acid groups (broad SMARTS) is 1. The van der Waals surface area contributed by atoms with Crippen LogP contribution in [0.4, 0.5) is 0 Å². The molecule has 0 unspecified atom stereocenters. The summed E-state index contributed by atoms with van der Waals surface area (Å²) in [6.45, 7) is 2.95. The van der Waals surface area contributed by atoms with Crippen LogP contribution in [0.1, 0.15) is 26.7 Å². The first-order valence-electron chi connectivity index (χ1n) is 7.85. The number of rotatable bonds is 7. The summed E-state index contributed by atoms with van der Waals surface area (Å²) in [6.07, 6.45) is 7.01. The molecule has 0 spiro atoms. The van der Waals surface area contributed by atoms with Crippen molar-refractivity contribution in [1.29, 1.82) is 0 Å². The zero-order chi connectivity index (χ0) is 16.8. The maximum absolute atomic E-state index is 11.1. The van der Waals surface area contributed by atoms with Gasteiger partial charge in [0.05, 0.1) is 5.69 Å². The summed E-state index contributed by atoms with van der Waals surface area (Å²) in [4.78, 5) is 23.7.